The molecule has 1 aliphatic heterocycles. The minimum absolute atomic E-state index is 0.214. The summed E-state index contributed by atoms with van der Waals surface area (Å²) in [7, 11) is 4.57. The van der Waals surface area contributed by atoms with E-state index in [4.69, 9.17) is 4.99 Å². The number of nitrogens with one attached hydrogen (secondary N) is 3. The van der Waals surface area contributed by atoms with E-state index >= 15 is 0 Å². The number of benzene rings is 2. The van der Waals surface area contributed by atoms with Crippen LogP contribution in [0, 0.1) is 5.82 Å². The minimum Gasteiger partial charge on any atom is -0.388 e. The summed E-state index contributed by atoms with van der Waals surface area (Å²) in [6.45, 7) is 8.42. The lowest BCUT2D eigenvalue weighted by Gasteiger charge is -2.19. The molecule has 0 spiro atoms. The van der Waals surface area contributed by atoms with Crippen LogP contribution < -0.4 is 31.7 Å². The van der Waals surface area contributed by atoms with E-state index in [0.29, 0.717) is 11.6 Å². The van der Waals surface area contributed by atoms with Crippen molar-refractivity contribution in [3.05, 3.63) is 46.1 Å². The summed E-state index contributed by atoms with van der Waals surface area (Å²) >= 11 is 0. The molecule has 1 saturated heterocycles. The Morgan fingerprint density at radius 1 is 1.24 bits per heavy atom. The molecular weight excluding hydrogens is 430 g/mol. The molecule has 0 bridgehead atoms. The lowest BCUT2D eigenvalue weighted by molar-refractivity contribution is 0.459. The van der Waals surface area contributed by atoms with Crippen molar-refractivity contribution in [1.29, 1.82) is 0 Å². The number of aryl methyl sites for hydroxylation is 1. The molecule has 0 aliphatic carbocycles. The van der Waals surface area contributed by atoms with E-state index in [0.717, 1.165) is 72.8 Å². The number of aliphatic imine (C=N–C) groups is 1. The van der Waals surface area contributed by atoms with Gasteiger partial charge in [-0.3, -0.25) is 4.99 Å². The van der Waals surface area contributed by atoms with Gasteiger partial charge in [-0.1, -0.05) is 32.4 Å². The van der Waals surface area contributed by atoms with Crippen LogP contribution in [0.2, 0.25) is 0 Å². The highest BCUT2D eigenvalue weighted by Crippen LogP contribution is 2.25. The molecule has 178 valence electrons. The quantitative estimate of drug-likeness (QED) is 0.330. The van der Waals surface area contributed by atoms with Crippen molar-refractivity contribution in [2.24, 2.45) is 4.99 Å². The highest BCUT2D eigenvalue weighted by atomic mass is 31.0. The molecule has 2 aromatic rings. The van der Waals surface area contributed by atoms with Crippen LogP contribution in [-0.2, 0) is 6.42 Å². The monoisotopic (exact) mass is 468 g/mol. The Morgan fingerprint density at radius 2 is 2.00 bits per heavy atom. The topological polar surface area (TPSA) is 48.5 Å². The molecule has 1 heterocycles. The highest BCUT2D eigenvalue weighted by molar-refractivity contribution is 7.28. The molecule has 0 radical (unpaired) electrons. The van der Waals surface area contributed by atoms with E-state index in [1.54, 1.807) is 6.07 Å². The van der Waals surface area contributed by atoms with Crippen molar-refractivity contribution in [3.8, 4) is 11.1 Å². The summed E-state index contributed by atoms with van der Waals surface area (Å²) in [6.07, 6.45) is 9.45. The van der Waals surface area contributed by atoms with Crippen LogP contribution >= 0.6 is 9.24 Å². The van der Waals surface area contributed by atoms with Crippen LogP contribution in [0.1, 0.15) is 52.0 Å². The van der Waals surface area contributed by atoms with Crippen molar-refractivity contribution >= 4 is 38.3 Å². The van der Waals surface area contributed by atoms with Crippen LogP contribution in [0.5, 0.6) is 0 Å². The fourth-order valence-corrected chi connectivity index (χ4v) is 4.91. The maximum Gasteiger partial charge on any atom is 0.131 e. The number of anilines is 1. The highest BCUT2D eigenvalue weighted by Gasteiger charge is 2.14. The molecule has 1 fully saturated rings. The summed E-state index contributed by atoms with van der Waals surface area (Å²) in [5.74, 6) is 0.704. The second-order valence-electron chi connectivity index (χ2n) is 8.60. The predicted octanol–water partition coefficient (Wildman–Crippen LogP) is 3.68. The minimum atomic E-state index is -0.214. The van der Waals surface area contributed by atoms with Crippen LogP contribution in [0.4, 0.5) is 10.1 Å². The zero-order chi connectivity index (χ0) is 23.8. The Balaban J connectivity index is 2.11. The molecule has 3 rings (SSSR count). The maximum atomic E-state index is 15.0. The van der Waals surface area contributed by atoms with Crippen molar-refractivity contribution in [1.82, 2.24) is 10.6 Å². The zero-order valence-corrected chi connectivity index (χ0v) is 21.5. The maximum absolute atomic E-state index is 15.0. The van der Waals surface area contributed by atoms with E-state index in [1.165, 1.54) is 16.8 Å². The van der Waals surface area contributed by atoms with Gasteiger partial charge in [0.1, 0.15) is 5.82 Å². The third kappa shape index (κ3) is 6.43. The standard InChI is InChI=1S/C27H38FN4P/c1-5-7-8-23-19(6-2)15-20(26-24(28)9-10-25(29-4)27(26)33)16-21(23)17-31-18(3)32-22-11-13-30-14-12-22/h8-10,15-17,22,29-30H,5-7,11-14,33H2,1-4H3,(H,31,32)/b21-17-,23-8+. The number of halogens is 1. The fraction of sp³-hybridized carbons (Fsp3) is 0.444. The first-order chi connectivity index (χ1) is 16.0. The zero-order valence-electron chi connectivity index (χ0n) is 20.4. The molecule has 0 amide bonds. The Hall–Kier alpha value is -2.23. The van der Waals surface area contributed by atoms with Gasteiger partial charge in [-0.2, -0.15) is 0 Å². The summed E-state index contributed by atoms with van der Waals surface area (Å²) in [5.41, 5.74) is 3.64. The van der Waals surface area contributed by atoms with Gasteiger partial charge in [0.2, 0.25) is 0 Å². The molecule has 1 unspecified atom stereocenters. The second-order valence-corrected chi connectivity index (χ2v) is 9.18. The number of piperidine rings is 1. The van der Waals surface area contributed by atoms with E-state index in [-0.39, 0.29) is 5.82 Å². The number of hydrogen-bond acceptors (Lipinski definition) is 3. The first-order valence-corrected chi connectivity index (χ1v) is 12.7. The van der Waals surface area contributed by atoms with Gasteiger partial charge in [0.05, 0.1) is 11.9 Å². The van der Waals surface area contributed by atoms with Crippen molar-refractivity contribution in [3.63, 3.8) is 0 Å². The molecule has 6 heteroatoms. The van der Waals surface area contributed by atoms with Gasteiger partial charge in [0.25, 0.3) is 0 Å². The number of rotatable bonds is 7. The molecule has 0 saturated carbocycles. The lowest BCUT2D eigenvalue weighted by atomic mass is 9.97. The van der Waals surface area contributed by atoms with E-state index in [2.05, 4.69) is 57.2 Å². The van der Waals surface area contributed by atoms with Crippen LogP contribution in [0.15, 0.2) is 29.3 Å². The van der Waals surface area contributed by atoms with Gasteiger partial charge in [-0.25, -0.2) is 4.39 Å². The Bertz CT molecular complexity index is 1100. The largest absolute Gasteiger partial charge is 0.388 e. The smallest absolute Gasteiger partial charge is 0.131 e. The summed E-state index contributed by atoms with van der Waals surface area (Å²) in [6, 6.07) is 7.92. The van der Waals surface area contributed by atoms with E-state index in [1.807, 2.05) is 20.2 Å². The van der Waals surface area contributed by atoms with E-state index in [9.17, 15) is 4.39 Å². The summed E-state index contributed by atoms with van der Waals surface area (Å²) in [5, 5.41) is 13.1. The molecule has 4 nitrogen and oxygen atoms in total. The van der Waals surface area contributed by atoms with Crippen molar-refractivity contribution in [2.45, 2.75) is 58.9 Å². The van der Waals surface area contributed by atoms with Crippen molar-refractivity contribution in [2.75, 3.05) is 25.5 Å². The summed E-state index contributed by atoms with van der Waals surface area (Å²) in [4.78, 5) is 4.87. The lowest BCUT2D eigenvalue weighted by Crippen LogP contribution is -2.33. The third-order valence-corrected chi connectivity index (χ3v) is 6.79. The van der Waals surface area contributed by atoms with E-state index < -0.39 is 0 Å². The molecular formula is C27H38FN4P. The van der Waals surface area contributed by atoms with Gasteiger partial charge in [0.15, 0.2) is 0 Å². The Morgan fingerprint density at radius 3 is 2.67 bits per heavy atom. The predicted molar refractivity (Wildman–Crippen MR) is 145 cm³/mol. The number of unbranched alkanes of at least 4 members (excludes halogenated alkanes) is 1. The molecule has 1 aliphatic rings. The normalized spacial score (nSPS) is 16.4. The Labute approximate surface area is 200 Å². The molecule has 2 aromatic carbocycles. The van der Waals surface area contributed by atoms with Crippen molar-refractivity contribution < 1.29 is 4.39 Å². The number of amidine groups is 1. The average Bonchev–Trinajstić information content (AvgIpc) is 2.82. The van der Waals surface area contributed by atoms with Gasteiger partial charge in [0, 0.05) is 29.8 Å². The molecule has 3 N–H and O–H groups in total. The second kappa shape index (κ2) is 12.3. The van der Waals surface area contributed by atoms with Gasteiger partial charge >= 0.3 is 0 Å². The van der Waals surface area contributed by atoms with Crippen LogP contribution in [0.25, 0.3) is 23.4 Å². The first-order valence-electron chi connectivity index (χ1n) is 12.1. The van der Waals surface area contributed by atoms with Gasteiger partial charge < -0.3 is 16.0 Å². The molecule has 33 heavy (non-hydrogen) atoms. The Kier molecular flexibility index (Phi) is 9.46. The van der Waals surface area contributed by atoms with Crippen LogP contribution in [0.3, 0.4) is 0 Å². The van der Waals surface area contributed by atoms with Gasteiger partial charge in [-0.15, -0.1) is 9.24 Å². The summed E-state index contributed by atoms with van der Waals surface area (Å²) < 4.78 is 15.0. The fourth-order valence-electron chi connectivity index (χ4n) is 4.37. The molecule has 0 aromatic heterocycles. The van der Waals surface area contributed by atoms with Crippen LogP contribution in [-0.4, -0.2) is 32.0 Å². The first kappa shape index (κ1) is 25.4. The number of hydrogen-bond donors (Lipinski definition) is 3. The van der Waals surface area contributed by atoms with Gasteiger partial charge in [-0.05, 0) is 85.5 Å². The average molecular weight is 469 g/mol. The third-order valence-electron chi connectivity index (χ3n) is 6.19. The SMILES string of the molecule is CCC/C=c1\c(CC)cc(-c2c(F)ccc(NC)c2P)c\c1=C\NC(C)=NC1CCNCC1. The molecule has 1 atom stereocenters. The number of nitrogens with zero attached hydrogens (tertiary/aromatic N) is 1.